The first-order chi connectivity index (χ1) is 14.0. The van der Waals surface area contributed by atoms with Crippen LogP contribution in [0, 0.1) is 20.8 Å². The number of benzene rings is 1. The summed E-state index contributed by atoms with van der Waals surface area (Å²) in [5.74, 6) is 0. The van der Waals surface area contributed by atoms with Crippen LogP contribution in [0.1, 0.15) is 23.4 Å². The molecular weight excluding hydrogens is 362 g/mol. The lowest BCUT2D eigenvalue weighted by molar-refractivity contribution is 0.617. The molecule has 0 aliphatic carbocycles. The van der Waals surface area contributed by atoms with Gasteiger partial charge in [-0.25, -0.2) is 0 Å². The minimum Gasteiger partial charge on any atom is -0.371 e. The number of nitrogens with zero attached hydrogens (tertiary/aromatic N) is 5. The number of anilines is 1. The van der Waals surface area contributed by atoms with E-state index in [0.717, 1.165) is 41.1 Å². The molecule has 146 valence electrons. The van der Waals surface area contributed by atoms with Crippen LogP contribution < -0.4 is 10.5 Å². The normalized spacial score (nSPS) is 13.7. The van der Waals surface area contributed by atoms with E-state index in [4.69, 9.17) is 0 Å². The van der Waals surface area contributed by atoms with E-state index >= 15 is 0 Å². The second kappa shape index (κ2) is 6.58. The van der Waals surface area contributed by atoms with Gasteiger partial charge in [0.2, 0.25) is 0 Å². The summed E-state index contributed by atoms with van der Waals surface area (Å²) < 4.78 is 3.60. The van der Waals surface area contributed by atoms with Crippen molar-refractivity contribution in [2.45, 2.75) is 27.2 Å². The highest BCUT2D eigenvalue weighted by Crippen LogP contribution is 2.29. The summed E-state index contributed by atoms with van der Waals surface area (Å²) in [6.45, 7) is 8.22. The summed E-state index contributed by atoms with van der Waals surface area (Å²) >= 11 is 0. The van der Waals surface area contributed by atoms with Gasteiger partial charge >= 0.3 is 0 Å². The van der Waals surface area contributed by atoms with Gasteiger partial charge in [0, 0.05) is 47.4 Å². The molecular formula is C23H23N5O. The molecule has 0 amide bonds. The van der Waals surface area contributed by atoms with Crippen molar-refractivity contribution in [2.24, 2.45) is 0 Å². The minimum absolute atomic E-state index is 0.117. The van der Waals surface area contributed by atoms with Crippen LogP contribution in [-0.2, 0) is 0 Å². The van der Waals surface area contributed by atoms with E-state index in [2.05, 4.69) is 43.8 Å². The molecule has 1 fully saturated rings. The molecule has 0 atom stereocenters. The number of rotatable bonds is 3. The van der Waals surface area contributed by atoms with Gasteiger partial charge in [-0.1, -0.05) is 6.07 Å². The van der Waals surface area contributed by atoms with E-state index < -0.39 is 0 Å². The van der Waals surface area contributed by atoms with Crippen LogP contribution in [0.4, 0.5) is 5.69 Å². The lowest BCUT2D eigenvalue weighted by Gasteiger charge is -2.33. The third-order valence-electron chi connectivity index (χ3n) is 5.81. The summed E-state index contributed by atoms with van der Waals surface area (Å²) in [7, 11) is 0. The molecule has 29 heavy (non-hydrogen) atoms. The predicted molar refractivity (Wildman–Crippen MR) is 116 cm³/mol. The topological polar surface area (TPSA) is 56.0 Å². The van der Waals surface area contributed by atoms with Gasteiger partial charge in [-0.2, -0.15) is 9.78 Å². The van der Waals surface area contributed by atoms with Gasteiger partial charge in [0.1, 0.15) is 0 Å². The maximum absolute atomic E-state index is 13.3. The van der Waals surface area contributed by atoms with Gasteiger partial charge in [-0.3, -0.25) is 9.78 Å². The number of hydrogen-bond acceptors (Lipinski definition) is 4. The molecule has 0 unspecified atom stereocenters. The van der Waals surface area contributed by atoms with Crippen molar-refractivity contribution in [3.05, 3.63) is 76.2 Å². The fourth-order valence-electron chi connectivity index (χ4n) is 4.19. The highest BCUT2D eigenvalue weighted by atomic mass is 16.1. The zero-order valence-electron chi connectivity index (χ0n) is 16.9. The summed E-state index contributed by atoms with van der Waals surface area (Å²) in [4.78, 5) is 19.9. The lowest BCUT2D eigenvalue weighted by atomic mass is 10.1. The largest absolute Gasteiger partial charge is 0.371 e. The molecule has 0 N–H and O–H groups in total. The van der Waals surface area contributed by atoms with Gasteiger partial charge in [0.25, 0.3) is 5.56 Å². The Bertz CT molecular complexity index is 1300. The summed E-state index contributed by atoms with van der Waals surface area (Å²) in [5, 5.41) is 6.03. The third kappa shape index (κ3) is 2.75. The third-order valence-corrected chi connectivity index (χ3v) is 5.81. The molecule has 1 aliphatic heterocycles. The van der Waals surface area contributed by atoms with Gasteiger partial charge < -0.3 is 9.47 Å². The smallest absolute Gasteiger partial charge is 0.281 e. The predicted octanol–water partition coefficient (Wildman–Crippen LogP) is 3.71. The van der Waals surface area contributed by atoms with Gasteiger partial charge in [-0.05, 0) is 57.0 Å². The van der Waals surface area contributed by atoms with Gasteiger partial charge in [-0.15, -0.1) is 0 Å². The quantitative estimate of drug-likeness (QED) is 0.540. The van der Waals surface area contributed by atoms with Crippen molar-refractivity contribution in [3.63, 3.8) is 0 Å². The molecule has 5 rings (SSSR count). The standard InChI is InChI=1S/C23H23N5O/c1-15-10-20(13-24-12-15)28-23(29)22-17(3)27(16(2)21(22)14-25-28)19-7-4-6-18(11-19)26-8-5-9-26/h4,6-7,10-14H,5,8-9H2,1-3H3. The Kier molecular flexibility index (Phi) is 4.01. The molecule has 0 spiro atoms. The average Bonchev–Trinajstić information content (AvgIpc) is 2.92. The van der Waals surface area contributed by atoms with Crippen LogP contribution in [0.5, 0.6) is 0 Å². The van der Waals surface area contributed by atoms with Crippen molar-refractivity contribution in [1.29, 1.82) is 0 Å². The molecule has 1 aromatic carbocycles. The number of aromatic nitrogens is 4. The molecule has 3 aromatic heterocycles. The molecule has 4 heterocycles. The zero-order chi connectivity index (χ0) is 20.1. The highest BCUT2D eigenvalue weighted by Gasteiger charge is 2.19. The Balaban J connectivity index is 1.71. The van der Waals surface area contributed by atoms with Crippen molar-refractivity contribution in [3.8, 4) is 11.4 Å². The Morgan fingerprint density at radius 2 is 1.69 bits per heavy atom. The molecule has 0 saturated carbocycles. The maximum atomic E-state index is 13.3. The monoisotopic (exact) mass is 385 g/mol. The zero-order valence-corrected chi connectivity index (χ0v) is 16.9. The second-order valence-electron chi connectivity index (χ2n) is 7.74. The minimum atomic E-state index is -0.117. The van der Waals surface area contributed by atoms with Crippen LogP contribution in [0.2, 0.25) is 0 Å². The maximum Gasteiger partial charge on any atom is 0.281 e. The van der Waals surface area contributed by atoms with Crippen molar-refractivity contribution in [1.82, 2.24) is 19.3 Å². The fourth-order valence-corrected chi connectivity index (χ4v) is 4.19. The Morgan fingerprint density at radius 1 is 0.897 bits per heavy atom. The van der Waals surface area contributed by atoms with Crippen LogP contribution in [-0.4, -0.2) is 32.4 Å². The molecule has 0 radical (unpaired) electrons. The molecule has 4 aromatic rings. The lowest BCUT2D eigenvalue weighted by Crippen LogP contribution is -2.36. The average molecular weight is 385 g/mol. The number of pyridine rings is 1. The first-order valence-corrected chi connectivity index (χ1v) is 9.92. The molecule has 6 heteroatoms. The van der Waals surface area contributed by atoms with E-state index in [1.54, 1.807) is 18.6 Å². The summed E-state index contributed by atoms with van der Waals surface area (Å²) in [5.41, 5.74) is 5.81. The van der Waals surface area contributed by atoms with Gasteiger partial charge in [0.15, 0.2) is 0 Å². The molecule has 1 aliphatic rings. The van der Waals surface area contributed by atoms with E-state index in [0.29, 0.717) is 11.1 Å². The number of fused-ring (bicyclic) bond motifs is 1. The highest BCUT2D eigenvalue weighted by molar-refractivity contribution is 5.88. The Hall–Kier alpha value is -3.41. The van der Waals surface area contributed by atoms with E-state index in [1.165, 1.54) is 16.8 Å². The molecule has 1 saturated heterocycles. The molecule has 0 bridgehead atoms. The summed E-state index contributed by atoms with van der Waals surface area (Å²) in [6.07, 6.45) is 6.47. The van der Waals surface area contributed by atoms with Crippen LogP contribution in [0.3, 0.4) is 0 Å². The first kappa shape index (κ1) is 17.7. The fraction of sp³-hybridized carbons (Fsp3) is 0.261. The first-order valence-electron chi connectivity index (χ1n) is 9.92. The summed E-state index contributed by atoms with van der Waals surface area (Å²) in [6, 6.07) is 10.5. The number of hydrogen-bond donors (Lipinski definition) is 0. The van der Waals surface area contributed by atoms with Crippen molar-refractivity contribution >= 4 is 16.5 Å². The van der Waals surface area contributed by atoms with E-state index in [1.807, 2.05) is 26.8 Å². The SMILES string of the molecule is Cc1cncc(-n2ncc3c(C)n(-c4cccc(N5CCC5)c4)c(C)c3c2=O)c1. The Morgan fingerprint density at radius 3 is 2.41 bits per heavy atom. The van der Waals surface area contributed by atoms with E-state index in [9.17, 15) is 4.79 Å². The van der Waals surface area contributed by atoms with Crippen LogP contribution in [0.15, 0.2) is 53.7 Å². The van der Waals surface area contributed by atoms with Gasteiger partial charge in [0.05, 0.1) is 23.5 Å². The Labute approximate surface area is 169 Å². The second-order valence-corrected chi connectivity index (χ2v) is 7.74. The molecule has 6 nitrogen and oxygen atoms in total. The van der Waals surface area contributed by atoms with Crippen LogP contribution >= 0.6 is 0 Å². The van der Waals surface area contributed by atoms with Crippen molar-refractivity contribution < 1.29 is 0 Å². The van der Waals surface area contributed by atoms with Crippen molar-refractivity contribution in [2.75, 3.05) is 18.0 Å². The van der Waals surface area contributed by atoms with E-state index in [-0.39, 0.29) is 5.56 Å². The van der Waals surface area contributed by atoms with Crippen LogP contribution in [0.25, 0.3) is 22.1 Å². The number of aryl methyl sites for hydroxylation is 3.